The highest BCUT2D eigenvalue weighted by Gasteiger charge is 2.34. The number of primary amides is 1. The molecule has 1 saturated heterocycles. The van der Waals surface area contributed by atoms with Gasteiger partial charge in [0.15, 0.2) is 5.69 Å². The van der Waals surface area contributed by atoms with Crippen LogP contribution in [0.25, 0.3) is 5.69 Å². The first-order chi connectivity index (χ1) is 16.8. The minimum absolute atomic E-state index is 0.134. The van der Waals surface area contributed by atoms with Gasteiger partial charge >= 0.3 is 0 Å². The van der Waals surface area contributed by atoms with E-state index >= 15 is 0 Å². The number of carbonyl (C=O) groups is 3. The van der Waals surface area contributed by atoms with E-state index in [-0.39, 0.29) is 17.5 Å². The van der Waals surface area contributed by atoms with Crippen LogP contribution in [0.2, 0.25) is 0 Å². The molecular formula is C27H29N5O3. The van der Waals surface area contributed by atoms with Crippen molar-refractivity contribution in [2.75, 3.05) is 22.9 Å². The first-order valence-corrected chi connectivity index (χ1v) is 12.1. The van der Waals surface area contributed by atoms with Gasteiger partial charge in [-0.2, -0.15) is 5.10 Å². The number of nitrogens with two attached hydrogens (primary N) is 1. The Morgan fingerprint density at radius 1 is 0.914 bits per heavy atom. The Morgan fingerprint density at radius 3 is 2.29 bits per heavy atom. The van der Waals surface area contributed by atoms with Crippen molar-refractivity contribution in [2.24, 2.45) is 5.73 Å². The summed E-state index contributed by atoms with van der Waals surface area (Å²) in [6.07, 6.45) is 2.96. The van der Waals surface area contributed by atoms with E-state index in [4.69, 9.17) is 5.73 Å². The molecule has 0 aliphatic carbocycles. The predicted octanol–water partition coefficient (Wildman–Crippen LogP) is 3.81. The van der Waals surface area contributed by atoms with Crippen molar-refractivity contribution in [2.45, 2.75) is 45.4 Å². The molecule has 3 aromatic rings. The maximum atomic E-state index is 13.8. The third kappa shape index (κ3) is 4.09. The molecule has 1 fully saturated rings. The maximum absolute atomic E-state index is 13.8. The number of aromatic nitrogens is 2. The summed E-state index contributed by atoms with van der Waals surface area (Å²) in [5.41, 5.74) is 10.1. The summed E-state index contributed by atoms with van der Waals surface area (Å²) in [6.45, 7) is 5.32. The Labute approximate surface area is 204 Å². The summed E-state index contributed by atoms with van der Waals surface area (Å²) in [5.74, 6) is -0.441. The topological polar surface area (TPSA) is 102 Å². The second-order valence-electron chi connectivity index (χ2n) is 9.43. The van der Waals surface area contributed by atoms with Gasteiger partial charge in [0.2, 0.25) is 5.91 Å². The maximum Gasteiger partial charge on any atom is 0.277 e. The van der Waals surface area contributed by atoms with Crippen molar-refractivity contribution in [3.05, 3.63) is 71.0 Å². The zero-order chi connectivity index (χ0) is 24.7. The quantitative estimate of drug-likeness (QED) is 0.611. The minimum atomic E-state index is -0.642. The van der Waals surface area contributed by atoms with Crippen LogP contribution in [0.15, 0.2) is 48.5 Å². The Hall–Kier alpha value is -3.94. The Balaban J connectivity index is 1.51. The Morgan fingerprint density at radius 2 is 1.63 bits per heavy atom. The normalized spacial score (nSPS) is 16.1. The van der Waals surface area contributed by atoms with Gasteiger partial charge in [0.25, 0.3) is 11.8 Å². The zero-order valence-corrected chi connectivity index (χ0v) is 20.0. The summed E-state index contributed by atoms with van der Waals surface area (Å²) in [7, 11) is 0. The number of hydrogen-bond donors (Lipinski definition) is 1. The van der Waals surface area contributed by atoms with Gasteiger partial charge < -0.3 is 15.5 Å². The monoisotopic (exact) mass is 471 g/mol. The van der Waals surface area contributed by atoms with E-state index in [1.165, 1.54) is 0 Å². The van der Waals surface area contributed by atoms with E-state index in [1.54, 1.807) is 14.5 Å². The summed E-state index contributed by atoms with van der Waals surface area (Å²) >= 11 is 0. The highest BCUT2D eigenvalue weighted by molar-refractivity contribution is 6.09. The number of nitrogens with zero attached hydrogens (tertiary/aromatic N) is 4. The van der Waals surface area contributed by atoms with Crippen molar-refractivity contribution < 1.29 is 14.4 Å². The molecule has 8 nitrogen and oxygen atoms in total. The molecule has 0 atom stereocenters. The lowest BCUT2D eigenvalue weighted by atomic mass is 10.0. The highest BCUT2D eigenvalue weighted by atomic mass is 16.2. The van der Waals surface area contributed by atoms with Gasteiger partial charge in [0.05, 0.1) is 5.69 Å². The molecule has 0 spiro atoms. The van der Waals surface area contributed by atoms with Gasteiger partial charge in [0, 0.05) is 36.4 Å². The van der Waals surface area contributed by atoms with Crippen molar-refractivity contribution in [1.29, 1.82) is 0 Å². The third-order valence-electron chi connectivity index (χ3n) is 6.83. The molecule has 2 aliphatic heterocycles. The number of fused-ring (bicyclic) bond motifs is 1. The lowest BCUT2D eigenvalue weighted by Gasteiger charge is -2.29. The standard InChI is InChI=1S/C27H29N5O3/c1-17(2)18-6-5-7-21(16-18)32-25-22(24(29-32)26(28)34)13-15-31(27(25)35)20-11-9-19(10-12-20)30-14-4-3-8-23(30)33/h5-7,9-12,16-17H,3-4,8,13-15H2,1-2H3,(H2,28,34). The van der Waals surface area contributed by atoms with Crippen molar-refractivity contribution in [3.8, 4) is 5.69 Å². The van der Waals surface area contributed by atoms with E-state index in [9.17, 15) is 14.4 Å². The molecule has 35 heavy (non-hydrogen) atoms. The van der Waals surface area contributed by atoms with Gasteiger partial charge in [0.1, 0.15) is 5.69 Å². The lowest BCUT2D eigenvalue weighted by molar-refractivity contribution is -0.119. The molecule has 180 valence electrons. The molecular weight excluding hydrogens is 442 g/mol. The largest absolute Gasteiger partial charge is 0.364 e. The Bertz CT molecular complexity index is 1310. The van der Waals surface area contributed by atoms with E-state index < -0.39 is 5.91 Å². The highest BCUT2D eigenvalue weighted by Crippen LogP contribution is 2.31. The second kappa shape index (κ2) is 9.02. The molecule has 2 aromatic carbocycles. The molecule has 8 heteroatoms. The van der Waals surface area contributed by atoms with Gasteiger partial charge in [-0.1, -0.05) is 26.0 Å². The fourth-order valence-corrected chi connectivity index (χ4v) is 4.90. The zero-order valence-electron chi connectivity index (χ0n) is 20.0. The number of benzene rings is 2. The molecule has 2 N–H and O–H groups in total. The molecule has 0 unspecified atom stereocenters. The number of piperidine rings is 1. The molecule has 5 rings (SSSR count). The summed E-state index contributed by atoms with van der Waals surface area (Å²) in [6, 6.07) is 15.3. The van der Waals surface area contributed by atoms with E-state index in [0.29, 0.717) is 48.8 Å². The predicted molar refractivity (Wildman–Crippen MR) is 134 cm³/mol. The fraction of sp³-hybridized carbons (Fsp3) is 0.333. The molecule has 3 heterocycles. The average molecular weight is 472 g/mol. The van der Waals surface area contributed by atoms with E-state index in [1.807, 2.05) is 48.5 Å². The van der Waals surface area contributed by atoms with Crippen LogP contribution in [0, 0.1) is 0 Å². The lowest BCUT2D eigenvalue weighted by Crippen LogP contribution is -2.39. The summed E-state index contributed by atoms with van der Waals surface area (Å²) in [5, 5.41) is 4.47. The van der Waals surface area contributed by atoms with Crippen LogP contribution in [-0.2, 0) is 11.2 Å². The van der Waals surface area contributed by atoms with E-state index in [0.717, 1.165) is 29.8 Å². The summed E-state index contributed by atoms with van der Waals surface area (Å²) < 4.78 is 1.55. The number of amides is 3. The average Bonchev–Trinajstić information content (AvgIpc) is 3.26. The van der Waals surface area contributed by atoms with Gasteiger partial charge in [-0.05, 0) is 67.1 Å². The fourth-order valence-electron chi connectivity index (χ4n) is 4.90. The van der Waals surface area contributed by atoms with Crippen LogP contribution in [0.3, 0.4) is 0 Å². The van der Waals surface area contributed by atoms with Crippen LogP contribution in [0.4, 0.5) is 11.4 Å². The Kier molecular flexibility index (Phi) is 5.88. The molecule has 0 bridgehead atoms. The minimum Gasteiger partial charge on any atom is -0.364 e. The summed E-state index contributed by atoms with van der Waals surface area (Å²) in [4.78, 5) is 41.7. The third-order valence-corrected chi connectivity index (χ3v) is 6.83. The van der Waals surface area contributed by atoms with Crippen molar-refractivity contribution in [3.63, 3.8) is 0 Å². The van der Waals surface area contributed by atoms with Crippen LogP contribution >= 0.6 is 0 Å². The van der Waals surface area contributed by atoms with Gasteiger partial charge in [-0.25, -0.2) is 4.68 Å². The number of rotatable bonds is 5. The van der Waals surface area contributed by atoms with Crippen LogP contribution in [0.5, 0.6) is 0 Å². The molecule has 3 amide bonds. The van der Waals surface area contributed by atoms with Crippen molar-refractivity contribution in [1.82, 2.24) is 9.78 Å². The number of hydrogen-bond acceptors (Lipinski definition) is 4. The van der Waals surface area contributed by atoms with Gasteiger partial charge in [-0.3, -0.25) is 14.4 Å². The van der Waals surface area contributed by atoms with Crippen LogP contribution < -0.4 is 15.5 Å². The van der Waals surface area contributed by atoms with E-state index in [2.05, 4.69) is 18.9 Å². The van der Waals surface area contributed by atoms with Crippen LogP contribution in [0.1, 0.15) is 71.1 Å². The second-order valence-corrected chi connectivity index (χ2v) is 9.43. The number of carbonyl (C=O) groups excluding carboxylic acids is 3. The molecule has 1 aromatic heterocycles. The van der Waals surface area contributed by atoms with Crippen molar-refractivity contribution >= 4 is 29.1 Å². The molecule has 0 saturated carbocycles. The first-order valence-electron chi connectivity index (χ1n) is 12.1. The van der Waals surface area contributed by atoms with Gasteiger partial charge in [-0.15, -0.1) is 0 Å². The number of anilines is 2. The van der Waals surface area contributed by atoms with Crippen LogP contribution in [-0.4, -0.2) is 40.6 Å². The smallest absolute Gasteiger partial charge is 0.277 e. The molecule has 2 aliphatic rings. The molecule has 0 radical (unpaired) electrons. The SMILES string of the molecule is CC(C)c1cccc(-n2nc(C(N)=O)c3c2C(=O)N(c2ccc(N4CCCCC4=O)cc2)CC3)c1. The first kappa shape index (κ1) is 22.8.